The largest absolute Gasteiger partial charge is 0.497 e. The van der Waals surface area contributed by atoms with E-state index in [4.69, 9.17) is 4.74 Å². The average molecular weight is 206 g/mol. The Hall–Kier alpha value is -1.06. The summed E-state index contributed by atoms with van der Waals surface area (Å²) in [6.45, 7) is 2.20. The van der Waals surface area contributed by atoms with Crippen LogP contribution in [0.5, 0.6) is 5.75 Å². The zero-order chi connectivity index (χ0) is 10.7. The Kier molecular flexibility index (Phi) is 3.23. The lowest BCUT2D eigenvalue weighted by atomic mass is 9.88. The topological polar surface area (TPSA) is 33.3 Å². The third-order valence-corrected chi connectivity index (χ3v) is 3.05. The van der Waals surface area contributed by atoms with Crippen molar-refractivity contribution in [2.75, 3.05) is 27.2 Å². The van der Waals surface area contributed by atoms with Crippen molar-refractivity contribution in [3.8, 4) is 5.75 Å². The molecule has 0 bridgehead atoms. The molecule has 15 heavy (non-hydrogen) atoms. The molecule has 82 valence electrons. The first-order chi connectivity index (χ1) is 7.35. The zero-order valence-electron chi connectivity index (χ0n) is 9.29. The molecular weight excluding hydrogens is 188 g/mol. The molecule has 1 aliphatic heterocycles. The number of ether oxygens (including phenoxy) is 1. The van der Waals surface area contributed by atoms with Gasteiger partial charge in [0.2, 0.25) is 0 Å². The molecule has 1 heterocycles. The summed E-state index contributed by atoms with van der Waals surface area (Å²) in [5, 5.41) is 6.68. The molecule has 3 nitrogen and oxygen atoms in total. The minimum atomic E-state index is 0.432. The molecule has 0 aliphatic carbocycles. The van der Waals surface area contributed by atoms with Gasteiger partial charge in [0.05, 0.1) is 7.11 Å². The SMILES string of the molecule is CNC(c1cccc(OC)c1)C1CNC1. The summed E-state index contributed by atoms with van der Waals surface area (Å²) >= 11 is 0. The Labute approximate surface area is 90.8 Å². The van der Waals surface area contributed by atoms with E-state index in [0.29, 0.717) is 12.0 Å². The summed E-state index contributed by atoms with van der Waals surface area (Å²) in [7, 11) is 3.72. The molecule has 0 aromatic heterocycles. The van der Waals surface area contributed by atoms with Crippen LogP contribution in [-0.2, 0) is 0 Å². The molecule has 1 unspecified atom stereocenters. The first kappa shape index (κ1) is 10.5. The van der Waals surface area contributed by atoms with Gasteiger partial charge in [-0.15, -0.1) is 0 Å². The van der Waals surface area contributed by atoms with Crippen LogP contribution in [0.2, 0.25) is 0 Å². The van der Waals surface area contributed by atoms with E-state index in [0.717, 1.165) is 18.8 Å². The normalized spacial score (nSPS) is 18.3. The third kappa shape index (κ3) is 2.13. The molecule has 1 aromatic rings. The molecule has 1 fully saturated rings. The van der Waals surface area contributed by atoms with Crippen LogP contribution < -0.4 is 15.4 Å². The van der Waals surface area contributed by atoms with Gasteiger partial charge in [-0.1, -0.05) is 12.1 Å². The van der Waals surface area contributed by atoms with Crippen molar-refractivity contribution in [3.63, 3.8) is 0 Å². The van der Waals surface area contributed by atoms with Crippen LogP contribution in [-0.4, -0.2) is 27.2 Å². The van der Waals surface area contributed by atoms with E-state index in [9.17, 15) is 0 Å². The summed E-state index contributed by atoms with van der Waals surface area (Å²) in [6, 6.07) is 8.72. The van der Waals surface area contributed by atoms with Crippen molar-refractivity contribution in [2.24, 2.45) is 5.92 Å². The quantitative estimate of drug-likeness (QED) is 0.776. The maximum Gasteiger partial charge on any atom is 0.119 e. The second-order valence-corrected chi connectivity index (χ2v) is 3.96. The molecule has 1 aromatic carbocycles. The summed E-state index contributed by atoms with van der Waals surface area (Å²) in [4.78, 5) is 0. The van der Waals surface area contributed by atoms with Crippen LogP contribution in [0, 0.1) is 5.92 Å². The Bertz CT molecular complexity index is 323. The molecule has 2 rings (SSSR count). The first-order valence-corrected chi connectivity index (χ1v) is 5.37. The van der Waals surface area contributed by atoms with Gasteiger partial charge < -0.3 is 15.4 Å². The third-order valence-electron chi connectivity index (χ3n) is 3.05. The van der Waals surface area contributed by atoms with Gasteiger partial charge in [0.25, 0.3) is 0 Å². The molecule has 1 aliphatic rings. The Morgan fingerprint density at radius 2 is 2.27 bits per heavy atom. The highest BCUT2D eigenvalue weighted by atomic mass is 16.5. The van der Waals surface area contributed by atoms with Crippen molar-refractivity contribution in [1.82, 2.24) is 10.6 Å². The summed E-state index contributed by atoms with van der Waals surface area (Å²) in [5.74, 6) is 1.63. The van der Waals surface area contributed by atoms with Crippen LogP contribution in [0.1, 0.15) is 11.6 Å². The van der Waals surface area contributed by atoms with Gasteiger partial charge in [-0.05, 0) is 24.7 Å². The maximum atomic E-state index is 5.24. The number of hydrogen-bond acceptors (Lipinski definition) is 3. The number of hydrogen-bond donors (Lipinski definition) is 2. The van der Waals surface area contributed by atoms with E-state index in [1.54, 1.807) is 7.11 Å². The lowest BCUT2D eigenvalue weighted by Gasteiger charge is -2.35. The van der Waals surface area contributed by atoms with Crippen molar-refractivity contribution in [3.05, 3.63) is 29.8 Å². The van der Waals surface area contributed by atoms with Crippen LogP contribution >= 0.6 is 0 Å². The highest BCUT2D eigenvalue weighted by Crippen LogP contribution is 2.27. The fourth-order valence-electron chi connectivity index (χ4n) is 2.06. The van der Waals surface area contributed by atoms with Crippen molar-refractivity contribution in [2.45, 2.75) is 6.04 Å². The van der Waals surface area contributed by atoms with Gasteiger partial charge >= 0.3 is 0 Å². The van der Waals surface area contributed by atoms with Crippen LogP contribution in [0.15, 0.2) is 24.3 Å². The molecule has 0 spiro atoms. The van der Waals surface area contributed by atoms with E-state index in [1.165, 1.54) is 5.56 Å². The lowest BCUT2D eigenvalue weighted by molar-refractivity contribution is 0.267. The van der Waals surface area contributed by atoms with Crippen LogP contribution in [0.4, 0.5) is 0 Å². The highest BCUT2D eigenvalue weighted by molar-refractivity contribution is 5.31. The lowest BCUT2D eigenvalue weighted by Crippen LogP contribution is -2.48. The molecule has 0 saturated carbocycles. The number of benzene rings is 1. The summed E-state index contributed by atoms with van der Waals surface area (Å²) in [6.07, 6.45) is 0. The number of nitrogens with one attached hydrogen (secondary N) is 2. The Balaban J connectivity index is 2.17. The number of rotatable bonds is 4. The molecule has 0 amide bonds. The van der Waals surface area contributed by atoms with Crippen molar-refractivity contribution < 1.29 is 4.74 Å². The van der Waals surface area contributed by atoms with Gasteiger partial charge in [0, 0.05) is 25.0 Å². The zero-order valence-corrected chi connectivity index (χ0v) is 9.29. The molecular formula is C12H18N2O. The van der Waals surface area contributed by atoms with Crippen molar-refractivity contribution in [1.29, 1.82) is 0 Å². The van der Waals surface area contributed by atoms with E-state index < -0.39 is 0 Å². The van der Waals surface area contributed by atoms with E-state index >= 15 is 0 Å². The predicted octanol–water partition coefficient (Wildman–Crippen LogP) is 1.18. The second kappa shape index (κ2) is 4.64. The van der Waals surface area contributed by atoms with E-state index in [-0.39, 0.29) is 0 Å². The smallest absolute Gasteiger partial charge is 0.119 e. The highest BCUT2D eigenvalue weighted by Gasteiger charge is 2.26. The van der Waals surface area contributed by atoms with Crippen molar-refractivity contribution >= 4 is 0 Å². The fourth-order valence-corrected chi connectivity index (χ4v) is 2.06. The molecule has 3 heteroatoms. The fraction of sp³-hybridized carbons (Fsp3) is 0.500. The number of methoxy groups -OCH3 is 1. The molecule has 1 saturated heterocycles. The van der Waals surface area contributed by atoms with Gasteiger partial charge in [0.1, 0.15) is 5.75 Å². The minimum absolute atomic E-state index is 0.432. The van der Waals surface area contributed by atoms with Gasteiger partial charge in [-0.2, -0.15) is 0 Å². The minimum Gasteiger partial charge on any atom is -0.497 e. The predicted molar refractivity (Wildman–Crippen MR) is 61.2 cm³/mol. The molecule has 2 N–H and O–H groups in total. The van der Waals surface area contributed by atoms with E-state index in [2.05, 4.69) is 22.8 Å². The van der Waals surface area contributed by atoms with Crippen LogP contribution in [0.3, 0.4) is 0 Å². The van der Waals surface area contributed by atoms with E-state index in [1.807, 2.05) is 19.2 Å². The molecule has 0 radical (unpaired) electrons. The Morgan fingerprint density at radius 3 is 2.80 bits per heavy atom. The summed E-state index contributed by atoms with van der Waals surface area (Å²) in [5.41, 5.74) is 1.31. The monoisotopic (exact) mass is 206 g/mol. The first-order valence-electron chi connectivity index (χ1n) is 5.37. The Morgan fingerprint density at radius 1 is 1.47 bits per heavy atom. The van der Waals surface area contributed by atoms with Crippen LogP contribution in [0.25, 0.3) is 0 Å². The van der Waals surface area contributed by atoms with Gasteiger partial charge in [-0.25, -0.2) is 0 Å². The van der Waals surface area contributed by atoms with Gasteiger partial charge in [0.15, 0.2) is 0 Å². The second-order valence-electron chi connectivity index (χ2n) is 3.96. The average Bonchev–Trinajstić information content (AvgIpc) is 2.23. The standard InChI is InChI=1S/C12H18N2O/c1-13-12(10-7-14-8-10)9-4-3-5-11(6-9)15-2/h3-6,10,12-14H,7-8H2,1-2H3. The van der Waals surface area contributed by atoms with Gasteiger partial charge in [-0.3, -0.25) is 0 Å². The maximum absolute atomic E-state index is 5.24. The summed E-state index contributed by atoms with van der Waals surface area (Å²) < 4.78 is 5.24. The molecule has 1 atom stereocenters.